The van der Waals surface area contributed by atoms with Crippen molar-refractivity contribution in [3.8, 4) is 0 Å². The number of pyridine rings is 1. The average molecular weight is 290 g/mol. The van der Waals surface area contributed by atoms with Gasteiger partial charge in [0.2, 0.25) is 0 Å². The fourth-order valence-electron chi connectivity index (χ4n) is 2.52. The smallest absolute Gasteiger partial charge is 0.148 e. The molecule has 1 aliphatic carbocycles. The standard InChI is InChI=1S/C14H19FN6/c1-20(2)13-9-16-8-12(15)11(13)7-17-10-14(3-4-14)21-6-5-18-19-21/h5-6,8-9,17H,3-4,7,10H2,1-2H3. The summed E-state index contributed by atoms with van der Waals surface area (Å²) in [6.07, 6.45) is 8.66. The Hall–Kier alpha value is -2.02. The molecular weight excluding hydrogens is 271 g/mol. The van der Waals surface area contributed by atoms with Gasteiger partial charge in [0.25, 0.3) is 0 Å². The van der Waals surface area contributed by atoms with Crippen LogP contribution in [-0.2, 0) is 12.1 Å². The van der Waals surface area contributed by atoms with E-state index in [1.807, 2.05) is 29.9 Å². The Kier molecular flexibility index (Phi) is 3.59. The first-order chi connectivity index (χ1) is 10.1. The molecule has 0 aliphatic heterocycles. The van der Waals surface area contributed by atoms with E-state index in [-0.39, 0.29) is 11.4 Å². The van der Waals surface area contributed by atoms with Crippen LogP contribution in [0.15, 0.2) is 24.8 Å². The molecule has 1 fully saturated rings. The second-order valence-corrected chi connectivity index (χ2v) is 5.69. The Balaban J connectivity index is 1.67. The van der Waals surface area contributed by atoms with Crippen LogP contribution >= 0.6 is 0 Å². The molecule has 3 rings (SSSR count). The van der Waals surface area contributed by atoms with Crippen molar-refractivity contribution in [1.29, 1.82) is 0 Å². The summed E-state index contributed by atoms with van der Waals surface area (Å²) in [4.78, 5) is 5.78. The van der Waals surface area contributed by atoms with Crippen molar-refractivity contribution in [1.82, 2.24) is 25.3 Å². The van der Waals surface area contributed by atoms with E-state index in [9.17, 15) is 4.39 Å². The van der Waals surface area contributed by atoms with Crippen molar-refractivity contribution < 1.29 is 4.39 Å². The maximum absolute atomic E-state index is 14.0. The van der Waals surface area contributed by atoms with Gasteiger partial charge < -0.3 is 10.2 Å². The summed E-state index contributed by atoms with van der Waals surface area (Å²) in [7, 11) is 3.77. The zero-order valence-corrected chi connectivity index (χ0v) is 12.3. The van der Waals surface area contributed by atoms with Crippen molar-refractivity contribution in [3.63, 3.8) is 0 Å². The molecule has 0 unspecified atom stereocenters. The van der Waals surface area contributed by atoms with Crippen LogP contribution in [0, 0.1) is 5.82 Å². The Morgan fingerprint density at radius 1 is 1.38 bits per heavy atom. The monoisotopic (exact) mass is 290 g/mol. The number of hydrogen-bond donors (Lipinski definition) is 1. The Morgan fingerprint density at radius 2 is 2.19 bits per heavy atom. The summed E-state index contributed by atoms with van der Waals surface area (Å²) >= 11 is 0. The Morgan fingerprint density at radius 3 is 2.81 bits per heavy atom. The fraction of sp³-hybridized carbons (Fsp3) is 0.500. The Bertz CT molecular complexity index is 606. The molecule has 0 atom stereocenters. The molecular formula is C14H19FN6. The molecule has 6 nitrogen and oxygen atoms in total. The normalized spacial score (nSPS) is 16.0. The zero-order valence-electron chi connectivity index (χ0n) is 12.3. The average Bonchev–Trinajstić information content (AvgIpc) is 3.03. The highest BCUT2D eigenvalue weighted by Gasteiger charge is 2.45. The van der Waals surface area contributed by atoms with Crippen LogP contribution in [-0.4, -0.2) is 40.6 Å². The largest absolute Gasteiger partial charge is 0.376 e. The highest BCUT2D eigenvalue weighted by Crippen LogP contribution is 2.42. The molecule has 2 heterocycles. The number of anilines is 1. The lowest BCUT2D eigenvalue weighted by Gasteiger charge is -2.20. The van der Waals surface area contributed by atoms with E-state index in [1.165, 1.54) is 6.20 Å². The van der Waals surface area contributed by atoms with Crippen molar-refractivity contribution in [2.75, 3.05) is 25.5 Å². The quantitative estimate of drug-likeness (QED) is 0.865. The van der Waals surface area contributed by atoms with Crippen LogP contribution in [0.5, 0.6) is 0 Å². The van der Waals surface area contributed by atoms with Gasteiger partial charge in [-0.3, -0.25) is 4.98 Å². The molecule has 1 aliphatic rings. The van der Waals surface area contributed by atoms with E-state index in [2.05, 4.69) is 20.6 Å². The molecule has 1 saturated carbocycles. The first-order valence-electron chi connectivity index (χ1n) is 7.00. The van der Waals surface area contributed by atoms with Crippen molar-refractivity contribution in [2.45, 2.75) is 24.9 Å². The van der Waals surface area contributed by atoms with E-state index in [1.54, 1.807) is 12.4 Å². The number of nitrogens with zero attached hydrogens (tertiary/aromatic N) is 5. The van der Waals surface area contributed by atoms with Gasteiger partial charge in [-0.1, -0.05) is 5.21 Å². The molecule has 0 spiro atoms. The van der Waals surface area contributed by atoms with Gasteiger partial charge in [0.1, 0.15) is 5.82 Å². The van der Waals surface area contributed by atoms with Gasteiger partial charge in [0.05, 0.1) is 29.8 Å². The van der Waals surface area contributed by atoms with Gasteiger partial charge in [-0.25, -0.2) is 9.07 Å². The van der Waals surface area contributed by atoms with Crippen LogP contribution in [0.3, 0.4) is 0 Å². The van der Waals surface area contributed by atoms with Crippen LogP contribution < -0.4 is 10.2 Å². The van der Waals surface area contributed by atoms with E-state index in [4.69, 9.17) is 0 Å². The lowest BCUT2D eigenvalue weighted by Crippen LogP contribution is -2.32. The molecule has 112 valence electrons. The summed E-state index contributed by atoms with van der Waals surface area (Å²) in [5.74, 6) is -0.278. The second kappa shape index (κ2) is 5.40. The van der Waals surface area contributed by atoms with Crippen LogP contribution in [0.2, 0.25) is 0 Å². The maximum Gasteiger partial charge on any atom is 0.148 e. The maximum atomic E-state index is 14.0. The summed E-state index contributed by atoms with van der Waals surface area (Å²) in [5.41, 5.74) is 1.45. The lowest BCUT2D eigenvalue weighted by atomic mass is 10.2. The minimum absolute atomic E-state index is 0.0122. The first-order valence-corrected chi connectivity index (χ1v) is 7.00. The molecule has 0 amide bonds. The van der Waals surface area contributed by atoms with E-state index >= 15 is 0 Å². The summed E-state index contributed by atoms with van der Waals surface area (Å²) in [6.45, 7) is 1.23. The second-order valence-electron chi connectivity index (χ2n) is 5.69. The number of halogens is 1. The summed E-state index contributed by atoms with van der Waals surface area (Å²) in [6, 6.07) is 0. The van der Waals surface area contributed by atoms with Crippen LogP contribution in [0.1, 0.15) is 18.4 Å². The molecule has 0 bridgehead atoms. The third-order valence-electron chi connectivity index (χ3n) is 3.96. The summed E-state index contributed by atoms with van der Waals surface area (Å²) in [5, 5.41) is 11.3. The highest BCUT2D eigenvalue weighted by molar-refractivity contribution is 5.50. The van der Waals surface area contributed by atoms with Crippen LogP contribution in [0.25, 0.3) is 0 Å². The number of hydrogen-bond acceptors (Lipinski definition) is 5. The van der Waals surface area contributed by atoms with Gasteiger partial charge in [0, 0.05) is 38.9 Å². The van der Waals surface area contributed by atoms with E-state index in [0.29, 0.717) is 12.1 Å². The third kappa shape index (κ3) is 2.73. The molecule has 0 saturated heterocycles. The zero-order chi connectivity index (χ0) is 14.9. The molecule has 0 aromatic carbocycles. The molecule has 2 aromatic heterocycles. The van der Waals surface area contributed by atoms with Crippen LogP contribution in [0.4, 0.5) is 10.1 Å². The third-order valence-corrected chi connectivity index (χ3v) is 3.96. The van der Waals surface area contributed by atoms with Crippen molar-refractivity contribution in [3.05, 3.63) is 36.2 Å². The first kappa shape index (κ1) is 13.9. The number of rotatable bonds is 6. The van der Waals surface area contributed by atoms with Crippen molar-refractivity contribution in [2.24, 2.45) is 0 Å². The molecule has 2 aromatic rings. The number of nitrogens with one attached hydrogen (secondary N) is 1. The molecule has 1 N–H and O–H groups in total. The predicted molar refractivity (Wildman–Crippen MR) is 77.5 cm³/mol. The molecule has 21 heavy (non-hydrogen) atoms. The number of aromatic nitrogens is 4. The fourth-order valence-corrected chi connectivity index (χ4v) is 2.52. The Labute approximate surface area is 123 Å². The summed E-state index contributed by atoms with van der Waals surface area (Å²) < 4.78 is 15.9. The van der Waals surface area contributed by atoms with Crippen molar-refractivity contribution >= 4 is 5.69 Å². The van der Waals surface area contributed by atoms with Gasteiger partial charge in [-0.15, -0.1) is 5.10 Å². The van der Waals surface area contributed by atoms with E-state index in [0.717, 1.165) is 25.1 Å². The predicted octanol–water partition coefficient (Wildman–Crippen LogP) is 1.16. The molecule has 7 heteroatoms. The SMILES string of the molecule is CN(C)c1cncc(F)c1CNCC1(n2ccnn2)CC1. The van der Waals surface area contributed by atoms with Gasteiger partial charge in [-0.2, -0.15) is 0 Å². The van der Waals surface area contributed by atoms with Gasteiger partial charge >= 0.3 is 0 Å². The van der Waals surface area contributed by atoms with Gasteiger partial charge in [0.15, 0.2) is 0 Å². The topological polar surface area (TPSA) is 58.9 Å². The lowest BCUT2D eigenvalue weighted by molar-refractivity contribution is 0.390. The van der Waals surface area contributed by atoms with Gasteiger partial charge in [-0.05, 0) is 12.8 Å². The van der Waals surface area contributed by atoms with E-state index < -0.39 is 0 Å². The highest BCUT2D eigenvalue weighted by atomic mass is 19.1. The minimum atomic E-state index is -0.278. The minimum Gasteiger partial charge on any atom is -0.376 e. The molecule has 0 radical (unpaired) electrons.